The van der Waals surface area contributed by atoms with E-state index >= 15 is 0 Å². The molecule has 0 aromatic heterocycles. The number of halogens is 1. The molecule has 2 rings (SSSR count). The van der Waals surface area contributed by atoms with Gasteiger partial charge in [-0.2, -0.15) is 0 Å². The van der Waals surface area contributed by atoms with E-state index in [1.165, 1.54) is 7.11 Å². The molecule has 0 aromatic rings. The van der Waals surface area contributed by atoms with Crippen LogP contribution in [0.3, 0.4) is 0 Å². The highest BCUT2D eigenvalue weighted by Crippen LogP contribution is 2.40. The van der Waals surface area contributed by atoms with Gasteiger partial charge in [-0.15, -0.1) is 11.6 Å². The van der Waals surface area contributed by atoms with Gasteiger partial charge in [-0.05, 0) is 18.8 Å². The summed E-state index contributed by atoms with van der Waals surface area (Å²) in [6.45, 7) is 0.679. The topological polar surface area (TPSA) is 97.4 Å². The fourth-order valence-electron chi connectivity index (χ4n) is 3.01. The molecule has 0 aromatic carbocycles. The minimum Gasteiger partial charge on any atom is -0.443 e. The lowest BCUT2D eigenvalue weighted by Crippen LogP contribution is -2.50. The van der Waals surface area contributed by atoms with Crippen LogP contribution in [-0.2, 0) is 19.0 Å². The van der Waals surface area contributed by atoms with E-state index in [-0.39, 0.29) is 36.5 Å². The Labute approximate surface area is 127 Å². The summed E-state index contributed by atoms with van der Waals surface area (Å²) in [6.07, 6.45) is -0.357. The van der Waals surface area contributed by atoms with E-state index < -0.39 is 18.1 Å². The number of aliphatic hydroxyl groups is 1. The largest absolute Gasteiger partial charge is 0.443 e. The predicted molar refractivity (Wildman–Crippen MR) is 73.0 cm³/mol. The number of hydrogen-bond donors (Lipinski definition) is 2. The second-order valence-corrected chi connectivity index (χ2v) is 5.56. The van der Waals surface area contributed by atoms with Crippen molar-refractivity contribution in [3.63, 3.8) is 0 Å². The Morgan fingerprint density at radius 1 is 1.43 bits per heavy atom. The average Bonchev–Trinajstić information content (AvgIpc) is 3.30. The quantitative estimate of drug-likeness (QED) is 0.557. The minimum atomic E-state index is -0.828. The van der Waals surface area contributed by atoms with Crippen molar-refractivity contribution in [2.75, 3.05) is 26.2 Å². The number of nitrogens with one attached hydrogen (secondary N) is 1. The molecule has 0 bridgehead atoms. The van der Waals surface area contributed by atoms with E-state index in [0.717, 1.165) is 0 Å². The third-order valence-electron chi connectivity index (χ3n) is 4.03. The fraction of sp³-hybridized carbons (Fsp3) is 0.846. The maximum Gasteiger partial charge on any atom is 0.414 e. The first kappa shape index (κ1) is 16.5. The number of carbonyl (C=O) groups excluding carboxylic acids is 2. The number of rotatable bonds is 5. The van der Waals surface area contributed by atoms with Gasteiger partial charge >= 0.3 is 6.09 Å². The van der Waals surface area contributed by atoms with Gasteiger partial charge in [0, 0.05) is 19.6 Å². The van der Waals surface area contributed by atoms with Gasteiger partial charge < -0.3 is 19.3 Å². The molecule has 2 amide bonds. The highest BCUT2D eigenvalue weighted by Gasteiger charge is 2.49. The Morgan fingerprint density at radius 3 is 2.67 bits per heavy atom. The molecule has 21 heavy (non-hydrogen) atoms. The Bertz CT molecular complexity index is 389. The molecule has 1 saturated carbocycles. The number of hydrogen-bond acceptors (Lipinski definition) is 6. The Balaban J connectivity index is 1.98. The lowest BCUT2D eigenvalue weighted by atomic mass is 9.74. The number of alkyl halides is 1. The van der Waals surface area contributed by atoms with Crippen LogP contribution in [0.1, 0.15) is 12.8 Å². The third kappa shape index (κ3) is 4.06. The molecular weight excluding hydrogens is 302 g/mol. The van der Waals surface area contributed by atoms with Gasteiger partial charge in [0.25, 0.3) is 0 Å². The van der Waals surface area contributed by atoms with Crippen LogP contribution >= 0.6 is 11.6 Å². The van der Waals surface area contributed by atoms with Crippen molar-refractivity contribution in [2.24, 2.45) is 11.8 Å². The van der Waals surface area contributed by atoms with Crippen LogP contribution in [0.2, 0.25) is 0 Å². The van der Waals surface area contributed by atoms with E-state index in [2.05, 4.69) is 0 Å². The summed E-state index contributed by atoms with van der Waals surface area (Å²) < 4.78 is 16.1. The Morgan fingerprint density at radius 2 is 2.14 bits per heavy atom. The van der Waals surface area contributed by atoms with Gasteiger partial charge in [0.15, 0.2) is 0 Å². The predicted octanol–water partition coefficient (Wildman–Crippen LogP) is 0.279. The molecule has 1 saturated heterocycles. The first-order valence-electron chi connectivity index (χ1n) is 6.92. The van der Waals surface area contributed by atoms with Crippen LogP contribution in [0.25, 0.3) is 0 Å². The Hall–Kier alpha value is -0.890. The summed E-state index contributed by atoms with van der Waals surface area (Å²) in [5.74, 6) is -0.870. The number of methoxy groups -OCH3 is 1. The number of alkyl carbamates (subject to hydrolysis) is 1. The highest BCUT2D eigenvalue weighted by atomic mass is 35.5. The van der Waals surface area contributed by atoms with Crippen molar-refractivity contribution in [1.82, 2.24) is 5.32 Å². The molecule has 7 nitrogen and oxygen atoms in total. The van der Waals surface area contributed by atoms with E-state index in [9.17, 15) is 14.7 Å². The fourth-order valence-corrected chi connectivity index (χ4v) is 3.07. The maximum atomic E-state index is 11.6. The van der Waals surface area contributed by atoms with Crippen LogP contribution in [0.5, 0.6) is 0 Å². The van der Waals surface area contributed by atoms with Gasteiger partial charge in [0.2, 0.25) is 5.91 Å². The molecule has 2 aliphatic rings. The number of imide groups is 1. The maximum absolute atomic E-state index is 11.6. The molecule has 2 N–H and O–H groups in total. The molecule has 5 atom stereocenters. The highest BCUT2D eigenvalue weighted by molar-refractivity contribution is 6.28. The van der Waals surface area contributed by atoms with Crippen molar-refractivity contribution in [3.8, 4) is 0 Å². The van der Waals surface area contributed by atoms with Crippen LogP contribution in [0.4, 0.5) is 4.79 Å². The van der Waals surface area contributed by atoms with E-state index in [1.54, 1.807) is 0 Å². The third-order valence-corrected chi connectivity index (χ3v) is 4.27. The SMILES string of the molecule is CO[C@H]1[C@H](C2CO2)[C@@H](CO)CC[C@H]1OC(=O)NC(=O)CCl. The van der Waals surface area contributed by atoms with E-state index in [1.807, 2.05) is 5.32 Å². The monoisotopic (exact) mass is 321 g/mol. The van der Waals surface area contributed by atoms with E-state index in [4.69, 9.17) is 25.8 Å². The summed E-state index contributed by atoms with van der Waals surface area (Å²) in [5.41, 5.74) is 0. The lowest BCUT2D eigenvalue weighted by Gasteiger charge is -2.40. The molecular formula is C13H20ClNO6. The van der Waals surface area contributed by atoms with Crippen molar-refractivity contribution in [2.45, 2.75) is 31.2 Å². The van der Waals surface area contributed by atoms with Crippen LogP contribution < -0.4 is 5.32 Å². The number of ether oxygens (including phenoxy) is 3. The molecule has 1 aliphatic carbocycles. The molecule has 1 heterocycles. The first-order valence-corrected chi connectivity index (χ1v) is 7.45. The Kier molecular flexibility index (Phi) is 5.80. The summed E-state index contributed by atoms with van der Waals surface area (Å²) in [7, 11) is 1.54. The zero-order chi connectivity index (χ0) is 15.4. The average molecular weight is 322 g/mol. The molecule has 1 unspecified atom stereocenters. The lowest BCUT2D eigenvalue weighted by molar-refractivity contribution is -0.120. The molecule has 2 fully saturated rings. The summed E-state index contributed by atoms with van der Waals surface area (Å²) in [5, 5.41) is 11.5. The molecule has 8 heteroatoms. The van der Waals surface area contributed by atoms with Crippen LogP contribution in [0.15, 0.2) is 0 Å². The van der Waals surface area contributed by atoms with Gasteiger partial charge in [-0.3, -0.25) is 10.1 Å². The van der Waals surface area contributed by atoms with Crippen LogP contribution in [-0.4, -0.2) is 61.6 Å². The molecule has 0 spiro atoms. The zero-order valence-electron chi connectivity index (χ0n) is 11.8. The summed E-state index contributed by atoms with van der Waals surface area (Å²) in [4.78, 5) is 22.7. The van der Waals surface area contributed by atoms with Crippen molar-refractivity contribution in [3.05, 3.63) is 0 Å². The number of epoxide rings is 1. The smallest absolute Gasteiger partial charge is 0.414 e. The first-order chi connectivity index (χ1) is 10.1. The second kappa shape index (κ2) is 7.40. The minimum absolute atomic E-state index is 0.0183. The van der Waals surface area contributed by atoms with Crippen molar-refractivity contribution < 1.29 is 28.9 Å². The number of amides is 2. The van der Waals surface area contributed by atoms with Gasteiger partial charge in [-0.25, -0.2) is 4.79 Å². The second-order valence-electron chi connectivity index (χ2n) is 5.30. The summed E-state index contributed by atoms with van der Waals surface area (Å²) >= 11 is 5.32. The summed E-state index contributed by atoms with van der Waals surface area (Å²) in [6, 6.07) is 0. The normalized spacial score (nSPS) is 35.1. The van der Waals surface area contributed by atoms with Gasteiger partial charge in [0.05, 0.1) is 18.8 Å². The van der Waals surface area contributed by atoms with E-state index in [0.29, 0.717) is 19.4 Å². The van der Waals surface area contributed by atoms with Gasteiger partial charge in [0.1, 0.15) is 12.0 Å². The molecule has 0 radical (unpaired) electrons. The van der Waals surface area contributed by atoms with Gasteiger partial charge in [-0.1, -0.05) is 0 Å². The zero-order valence-corrected chi connectivity index (χ0v) is 12.5. The number of aliphatic hydroxyl groups excluding tert-OH is 1. The van der Waals surface area contributed by atoms with Crippen molar-refractivity contribution >= 4 is 23.6 Å². The van der Waals surface area contributed by atoms with Crippen molar-refractivity contribution in [1.29, 1.82) is 0 Å². The molecule has 1 aliphatic heterocycles. The van der Waals surface area contributed by atoms with Crippen LogP contribution in [0, 0.1) is 11.8 Å². The number of carbonyl (C=O) groups is 2. The molecule has 120 valence electrons. The standard InChI is InChI=1S/C13H20ClNO6/c1-19-12-8(21-13(18)15-10(17)4-14)3-2-7(5-16)11(12)9-6-20-9/h7-9,11-12,16H,2-6H2,1H3,(H,15,17,18)/t7-,8-,9?,11+,12-/m1/s1.